The molecule has 1 N–H and O–H groups in total. The molecule has 1 aromatic carbocycles. The number of hydrogen-bond donors (Lipinski definition) is 1. The first-order valence-electron chi connectivity index (χ1n) is 7.37. The Labute approximate surface area is 125 Å². The van der Waals surface area contributed by atoms with Crippen LogP contribution in [0.1, 0.15) is 54.4 Å². The van der Waals surface area contributed by atoms with E-state index in [1.165, 1.54) is 34.0 Å². The molecule has 0 radical (unpaired) electrons. The van der Waals surface area contributed by atoms with Gasteiger partial charge in [0.1, 0.15) is 0 Å². The van der Waals surface area contributed by atoms with Crippen molar-refractivity contribution in [1.29, 1.82) is 0 Å². The summed E-state index contributed by atoms with van der Waals surface area (Å²) in [5, 5.41) is 7.68. The van der Waals surface area contributed by atoms with Gasteiger partial charge in [0.05, 0.1) is 16.6 Å². The zero-order chi connectivity index (χ0) is 14.4. The molecule has 0 bridgehead atoms. The van der Waals surface area contributed by atoms with E-state index in [9.17, 15) is 0 Å². The van der Waals surface area contributed by atoms with Gasteiger partial charge in [0.2, 0.25) is 0 Å². The molecule has 2 aromatic rings. The number of rotatable bonds is 7. The molecule has 1 aromatic heterocycles. The maximum Gasteiger partial charge on any atom is 0.0807 e. The molecule has 0 aliphatic rings. The lowest BCUT2D eigenvalue weighted by molar-refractivity contribution is 0.688. The maximum atomic E-state index is 4.28. The summed E-state index contributed by atoms with van der Waals surface area (Å²) in [6, 6.07) is 9.12. The van der Waals surface area contributed by atoms with Crippen molar-refractivity contribution in [3.05, 3.63) is 46.0 Å². The first kappa shape index (κ1) is 15.1. The monoisotopic (exact) mass is 289 g/mol. The number of nitrogens with one attached hydrogen (secondary N) is 1. The Balaban J connectivity index is 2.24. The second-order valence-electron chi connectivity index (χ2n) is 5.05. The molecule has 4 heteroatoms. The summed E-state index contributed by atoms with van der Waals surface area (Å²) in [5.74, 6) is 0. The standard InChI is InChI=1S/C16H23N3S/c1-4-6-12-8-10-13(11-9-12)15(17-3)16-14(7-5-2)18-19-20-16/h8-11,15,17H,4-7H2,1-3H3. The van der Waals surface area contributed by atoms with Gasteiger partial charge in [0.15, 0.2) is 0 Å². The molecule has 0 amide bonds. The molecule has 0 saturated heterocycles. The lowest BCUT2D eigenvalue weighted by atomic mass is 10.0. The smallest absolute Gasteiger partial charge is 0.0807 e. The summed E-state index contributed by atoms with van der Waals surface area (Å²) in [5.41, 5.74) is 3.83. The van der Waals surface area contributed by atoms with E-state index in [0.717, 1.165) is 25.0 Å². The van der Waals surface area contributed by atoms with Gasteiger partial charge in [-0.1, -0.05) is 55.4 Å². The predicted molar refractivity (Wildman–Crippen MR) is 85.2 cm³/mol. The van der Waals surface area contributed by atoms with E-state index >= 15 is 0 Å². The first-order valence-corrected chi connectivity index (χ1v) is 8.14. The van der Waals surface area contributed by atoms with Gasteiger partial charge in [-0.05, 0) is 42.5 Å². The van der Waals surface area contributed by atoms with Crippen molar-refractivity contribution in [2.75, 3.05) is 7.05 Å². The molecular formula is C16H23N3S. The highest BCUT2D eigenvalue weighted by Gasteiger charge is 2.19. The summed E-state index contributed by atoms with van der Waals surface area (Å²) in [6.07, 6.45) is 4.43. The van der Waals surface area contributed by atoms with Crippen molar-refractivity contribution in [3.8, 4) is 0 Å². The minimum Gasteiger partial charge on any atom is -0.309 e. The van der Waals surface area contributed by atoms with E-state index in [4.69, 9.17) is 0 Å². The number of benzene rings is 1. The lowest BCUT2D eigenvalue weighted by Gasteiger charge is -2.16. The van der Waals surface area contributed by atoms with Crippen LogP contribution in [0.4, 0.5) is 0 Å². The third-order valence-corrected chi connectivity index (χ3v) is 4.31. The summed E-state index contributed by atoms with van der Waals surface area (Å²) >= 11 is 1.51. The van der Waals surface area contributed by atoms with Gasteiger partial charge >= 0.3 is 0 Å². The van der Waals surface area contributed by atoms with Crippen LogP contribution in [0.2, 0.25) is 0 Å². The number of aromatic nitrogens is 2. The maximum absolute atomic E-state index is 4.28. The van der Waals surface area contributed by atoms with E-state index in [0.29, 0.717) is 0 Å². The summed E-state index contributed by atoms with van der Waals surface area (Å²) in [6.45, 7) is 4.39. The molecule has 0 fully saturated rings. The fourth-order valence-corrected chi connectivity index (χ4v) is 3.29. The Bertz CT molecular complexity index is 519. The lowest BCUT2D eigenvalue weighted by Crippen LogP contribution is -2.18. The molecule has 1 atom stereocenters. The third kappa shape index (κ3) is 3.44. The zero-order valence-electron chi connectivity index (χ0n) is 12.5. The Morgan fingerprint density at radius 3 is 2.40 bits per heavy atom. The molecule has 20 heavy (non-hydrogen) atoms. The van der Waals surface area contributed by atoms with Gasteiger partial charge in [-0.25, -0.2) is 0 Å². The van der Waals surface area contributed by atoms with Crippen molar-refractivity contribution in [1.82, 2.24) is 14.9 Å². The summed E-state index contributed by atoms with van der Waals surface area (Å²) in [4.78, 5) is 1.25. The van der Waals surface area contributed by atoms with Gasteiger partial charge in [-0.3, -0.25) is 0 Å². The average Bonchev–Trinajstić information content (AvgIpc) is 2.91. The molecule has 0 aliphatic heterocycles. The molecule has 0 saturated carbocycles. The number of aryl methyl sites for hydroxylation is 2. The largest absolute Gasteiger partial charge is 0.309 e. The Hall–Kier alpha value is -1.26. The molecule has 0 spiro atoms. The third-order valence-electron chi connectivity index (χ3n) is 3.47. The molecular weight excluding hydrogens is 266 g/mol. The summed E-state index contributed by atoms with van der Waals surface area (Å²) < 4.78 is 4.13. The molecule has 108 valence electrons. The normalized spacial score (nSPS) is 12.6. The minimum atomic E-state index is 0.201. The van der Waals surface area contributed by atoms with Crippen molar-refractivity contribution < 1.29 is 0 Å². The number of hydrogen-bond acceptors (Lipinski definition) is 4. The molecule has 0 aliphatic carbocycles. The van der Waals surface area contributed by atoms with E-state index < -0.39 is 0 Å². The Kier molecular flexibility index (Phi) is 5.68. The van der Waals surface area contributed by atoms with E-state index in [1.807, 2.05) is 7.05 Å². The second-order valence-corrected chi connectivity index (χ2v) is 5.83. The van der Waals surface area contributed by atoms with Crippen LogP contribution < -0.4 is 5.32 Å². The Morgan fingerprint density at radius 2 is 1.80 bits per heavy atom. The van der Waals surface area contributed by atoms with Crippen LogP contribution in [0.15, 0.2) is 24.3 Å². The van der Waals surface area contributed by atoms with E-state index in [1.54, 1.807) is 0 Å². The van der Waals surface area contributed by atoms with Crippen molar-refractivity contribution in [2.24, 2.45) is 0 Å². The van der Waals surface area contributed by atoms with Crippen LogP contribution in [-0.2, 0) is 12.8 Å². The fourth-order valence-electron chi connectivity index (χ4n) is 2.46. The van der Waals surface area contributed by atoms with Crippen LogP contribution in [0.5, 0.6) is 0 Å². The van der Waals surface area contributed by atoms with E-state index in [-0.39, 0.29) is 6.04 Å². The van der Waals surface area contributed by atoms with Crippen LogP contribution >= 0.6 is 11.5 Å². The Morgan fingerprint density at radius 1 is 1.10 bits per heavy atom. The zero-order valence-corrected chi connectivity index (χ0v) is 13.3. The fraction of sp³-hybridized carbons (Fsp3) is 0.500. The van der Waals surface area contributed by atoms with Crippen LogP contribution in [0, 0.1) is 0 Å². The minimum absolute atomic E-state index is 0.201. The van der Waals surface area contributed by atoms with Gasteiger partial charge in [-0.15, -0.1) is 5.10 Å². The van der Waals surface area contributed by atoms with Crippen LogP contribution in [0.3, 0.4) is 0 Å². The van der Waals surface area contributed by atoms with Gasteiger partial charge < -0.3 is 5.32 Å². The van der Waals surface area contributed by atoms with Crippen molar-refractivity contribution >= 4 is 11.5 Å². The SMILES string of the molecule is CCCc1ccc(C(NC)c2snnc2CCC)cc1. The quantitative estimate of drug-likeness (QED) is 0.843. The topological polar surface area (TPSA) is 37.8 Å². The van der Waals surface area contributed by atoms with Gasteiger partial charge in [0, 0.05) is 0 Å². The van der Waals surface area contributed by atoms with Crippen LogP contribution in [0.25, 0.3) is 0 Å². The summed E-state index contributed by atoms with van der Waals surface area (Å²) in [7, 11) is 2.00. The molecule has 2 rings (SSSR count). The molecule has 1 unspecified atom stereocenters. The first-order chi connectivity index (χ1) is 9.80. The molecule has 1 heterocycles. The van der Waals surface area contributed by atoms with Gasteiger partial charge in [0.25, 0.3) is 0 Å². The van der Waals surface area contributed by atoms with Crippen LogP contribution in [-0.4, -0.2) is 16.6 Å². The van der Waals surface area contributed by atoms with E-state index in [2.05, 4.69) is 53.0 Å². The highest BCUT2D eigenvalue weighted by molar-refractivity contribution is 7.05. The second kappa shape index (κ2) is 7.50. The van der Waals surface area contributed by atoms with Crippen molar-refractivity contribution in [3.63, 3.8) is 0 Å². The molecule has 3 nitrogen and oxygen atoms in total. The predicted octanol–water partition coefficient (Wildman–Crippen LogP) is 3.75. The average molecular weight is 289 g/mol. The van der Waals surface area contributed by atoms with Gasteiger partial charge in [-0.2, -0.15) is 0 Å². The van der Waals surface area contributed by atoms with Crippen molar-refractivity contribution in [2.45, 2.75) is 45.6 Å². The highest BCUT2D eigenvalue weighted by Crippen LogP contribution is 2.27. The highest BCUT2D eigenvalue weighted by atomic mass is 32.1. The number of nitrogens with zero attached hydrogens (tertiary/aromatic N) is 2.